The van der Waals surface area contributed by atoms with Crippen LogP contribution in [0.25, 0.3) is 0 Å². The van der Waals surface area contributed by atoms with Crippen LogP contribution in [0.1, 0.15) is 39.0 Å². The first kappa shape index (κ1) is 21.2. The SMILES string of the molecule is CC1CC(NCCO)NC(NC(=O)NC2CCCC(OC(F)(F)F)C2)N1. The molecule has 2 rings (SSSR count). The Kier molecular flexibility index (Phi) is 7.89. The molecule has 2 fully saturated rings. The monoisotopic (exact) mass is 383 g/mol. The number of carbonyl (C=O) groups excluding carboxylic acids is 1. The lowest BCUT2D eigenvalue weighted by atomic mass is 9.93. The summed E-state index contributed by atoms with van der Waals surface area (Å²) in [5.41, 5.74) is 0. The van der Waals surface area contributed by atoms with Crippen molar-refractivity contribution in [2.24, 2.45) is 0 Å². The summed E-state index contributed by atoms with van der Waals surface area (Å²) in [6, 6.07) is -0.680. The van der Waals surface area contributed by atoms with Gasteiger partial charge >= 0.3 is 12.4 Å². The van der Waals surface area contributed by atoms with Crippen molar-refractivity contribution < 1.29 is 27.8 Å². The first-order valence-corrected chi connectivity index (χ1v) is 8.93. The summed E-state index contributed by atoms with van der Waals surface area (Å²) in [6.45, 7) is 2.43. The van der Waals surface area contributed by atoms with Crippen molar-refractivity contribution in [1.82, 2.24) is 26.6 Å². The fourth-order valence-corrected chi connectivity index (χ4v) is 3.42. The molecule has 2 amide bonds. The second kappa shape index (κ2) is 9.70. The van der Waals surface area contributed by atoms with Gasteiger partial charge in [-0.2, -0.15) is 0 Å². The van der Waals surface area contributed by atoms with Crippen molar-refractivity contribution in [1.29, 1.82) is 0 Å². The largest absolute Gasteiger partial charge is 0.522 e. The standard InChI is InChI=1S/C15H28F3N5O3/c1-9-7-12(19-5-6-24)22-13(20-9)23-14(25)21-10-3-2-4-11(8-10)26-15(16,17)18/h9-13,19-20,22,24H,2-8H2,1H3,(H2,21,23,25). The molecule has 0 spiro atoms. The van der Waals surface area contributed by atoms with Crippen molar-refractivity contribution in [2.45, 2.75) is 76.0 Å². The Morgan fingerprint density at radius 2 is 2.00 bits per heavy atom. The molecule has 1 saturated heterocycles. The van der Waals surface area contributed by atoms with Crippen molar-refractivity contribution in [3.05, 3.63) is 0 Å². The van der Waals surface area contributed by atoms with Gasteiger partial charge in [-0.3, -0.25) is 20.7 Å². The lowest BCUT2D eigenvalue weighted by Crippen LogP contribution is -2.68. The number of nitrogens with one attached hydrogen (secondary N) is 5. The van der Waals surface area contributed by atoms with E-state index in [2.05, 4.69) is 31.3 Å². The van der Waals surface area contributed by atoms with Crippen LogP contribution in [-0.4, -0.2) is 61.3 Å². The molecule has 1 saturated carbocycles. The summed E-state index contributed by atoms with van der Waals surface area (Å²) >= 11 is 0. The molecule has 0 bridgehead atoms. The number of carbonyl (C=O) groups is 1. The Balaban J connectivity index is 1.76. The van der Waals surface area contributed by atoms with Crippen LogP contribution in [0.5, 0.6) is 0 Å². The third-order valence-corrected chi connectivity index (χ3v) is 4.45. The van der Waals surface area contributed by atoms with Crippen LogP contribution in [0.3, 0.4) is 0 Å². The molecule has 1 aliphatic carbocycles. The summed E-state index contributed by atoms with van der Waals surface area (Å²) in [5.74, 6) is 0. The maximum absolute atomic E-state index is 12.3. The maximum atomic E-state index is 12.3. The molecule has 1 heterocycles. The zero-order valence-corrected chi connectivity index (χ0v) is 14.7. The third kappa shape index (κ3) is 7.62. The van der Waals surface area contributed by atoms with E-state index in [1.165, 1.54) is 0 Å². The number of alkyl halides is 3. The first-order chi connectivity index (χ1) is 12.2. The van der Waals surface area contributed by atoms with E-state index in [1.54, 1.807) is 0 Å². The fraction of sp³-hybridized carbons (Fsp3) is 0.933. The van der Waals surface area contributed by atoms with Gasteiger partial charge in [0.1, 0.15) is 6.29 Å². The van der Waals surface area contributed by atoms with Crippen molar-refractivity contribution in [3.63, 3.8) is 0 Å². The topological polar surface area (TPSA) is 107 Å². The lowest BCUT2D eigenvalue weighted by molar-refractivity contribution is -0.345. The Labute approximate surface area is 150 Å². The second-order valence-electron chi connectivity index (χ2n) is 6.80. The summed E-state index contributed by atoms with van der Waals surface area (Å²) in [7, 11) is 0. The highest BCUT2D eigenvalue weighted by atomic mass is 19.4. The van der Waals surface area contributed by atoms with Crippen molar-refractivity contribution >= 4 is 6.03 Å². The van der Waals surface area contributed by atoms with Crippen molar-refractivity contribution in [3.8, 4) is 0 Å². The van der Waals surface area contributed by atoms with Crippen LogP contribution in [-0.2, 0) is 4.74 Å². The van der Waals surface area contributed by atoms with Crippen molar-refractivity contribution in [2.75, 3.05) is 13.2 Å². The van der Waals surface area contributed by atoms with E-state index >= 15 is 0 Å². The number of aliphatic hydroxyl groups is 1. The molecule has 0 aromatic rings. The van der Waals surface area contributed by atoms with Crippen LogP contribution < -0.4 is 26.6 Å². The zero-order valence-electron chi connectivity index (χ0n) is 14.7. The Morgan fingerprint density at radius 1 is 1.23 bits per heavy atom. The molecule has 1 aliphatic heterocycles. The van der Waals surface area contributed by atoms with E-state index in [-0.39, 0.29) is 31.3 Å². The molecular formula is C15H28F3N5O3. The van der Waals surface area contributed by atoms with Crippen LogP contribution in [0.15, 0.2) is 0 Å². The van der Waals surface area contributed by atoms with Crippen LogP contribution in [0.4, 0.5) is 18.0 Å². The number of ether oxygens (including phenoxy) is 1. The quantitative estimate of drug-likeness (QED) is 0.394. The average molecular weight is 383 g/mol. The second-order valence-corrected chi connectivity index (χ2v) is 6.80. The minimum atomic E-state index is -4.66. The highest BCUT2D eigenvalue weighted by molar-refractivity contribution is 5.74. The van der Waals surface area contributed by atoms with Gasteiger partial charge in [0.15, 0.2) is 0 Å². The van der Waals surface area contributed by atoms with Gasteiger partial charge in [0.25, 0.3) is 0 Å². The Bertz CT molecular complexity index is 455. The highest BCUT2D eigenvalue weighted by Gasteiger charge is 2.36. The van der Waals surface area contributed by atoms with Gasteiger partial charge < -0.3 is 15.7 Å². The summed E-state index contributed by atoms with van der Waals surface area (Å²) in [6.07, 6.45) is -3.70. The average Bonchev–Trinajstić information content (AvgIpc) is 2.51. The number of aliphatic hydroxyl groups excluding tert-OH is 1. The minimum Gasteiger partial charge on any atom is -0.395 e. The van der Waals surface area contributed by atoms with Gasteiger partial charge in [-0.25, -0.2) is 4.79 Å². The Morgan fingerprint density at radius 3 is 2.69 bits per heavy atom. The molecule has 2 aliphatic rings. The number of hydrogen-bond donors (Lipinski definition) is 6. The number of urea groups is 1. The third-order valence-electron chi connectivity index (χ3n) is 4.45. The normalized spacial score (nSPS) is 32.9. The maximum Gasteiger partial charge on any atom is 0.522 e. The molecule has 8 nitrogen and oxygen atoms in total. The van der Waals surface area contributed by atoms with Gasteiger partial charge in [0.05, 0.1) is 18.9 Å². The molecule has 0 aromatic carbocycles. The highest BCUT2D eigenvalue weighted by Crippen LogP contribution is 2.27. The molecule has 11 heteroatoms. The van der Waals surface area contributed by atoms with Crippen LogP contribution in [0, 0.1) is 0 Å². The fourth-order valence-electron chi connectivity index (χ4n) is 3.42. The molecule has 0 aromatic heterocycles. The van der Waals surface area contributed by atoms with E-state index in [0.29, 0.717) is 25.8 Å². The number of halogens is 3. The summed E-state index contributed by atoms with van der Waals surface area (Å²) in [4.78, 5) is 12.2. The zero-order chi connectivity index (χ0) is 19.2. The number of amides is 2. The van der Waals surface area contributed by atoms with E-state index in [4.69, 9.17) is 5.11 Å². The van der Waals surface area contributed by atoms with E-state index in [9.17, 15) is 18.0 Å². The molecule has 5 unspecified atom stereocenters. The molecule has 26 heavy (non-hydrogen) atoms. The van der Waals surface area contributed by atoms with Gasteiger partial charge in [0, 0.05) is 18.6 Å². The summed E-state index contributed by atoms with van der Waals surface area (Å²) < 4.78 is 41.1. The van der Waals surface area contributed by atoms with Gasteiger partial charge in [-0.05, 0) is 39.0 Å². The molecule has 6 N–H and O–H groups in total. The molecule has 5 atom stereocenters. The van der Waals surface area contributed by atoms with Gasteiger partial charge in [-0.15, -0.1) is 13.2 Å². The molecule has 152 valence electrons. The van der Waals surface area contributed by atoms with E-state index in [1.807, 2.05) is 6.92 Å². The van der Waals surface area contributed by atoms with Crippen LogP contribution >= 0.6 is 0 Å². The predicted octanol–water partition coefficient (Wildman–Crippen LogP) is 0.296. The number of hydrogen-bond acceptors (Lipinski definition) is 6. The smallest absolute Gasteiger partial charge is 0.395 e. The summed E-state index contributed by atoms with van der Waals surface area (Å²) in [5, 5.41) is 23.8. The lowest BCUT2D eigenvalue weighted by Gasteiger charge is -2.37. The van der Waals surface area contributed by atoms with Gasteiger partial charge in [0.2, 0.25) is 0 Å². The predicted molar refractivity (Wildman–Crippen MR) is 87.9 cm³/mol. The van der Waals surface area contributed by atoms with E-state index in [0.717, 1.165) is 6.42 Å². The number of rotatable bonds is 6. The molecular weight excluding hydrogens is 355 g/mol. The minimum absolute atomic E-state index is 0.0153. The van der Waals surface area contributed by atoms with E-state index < -0.39 is 24.8 Å². The van der Waals surface area contributed by atoms with Gasteiger partial charge in [-0.1, -0.05) is 0 Å². The molecule has 0 radical (unpaired) electrons. The Hall–Kier alpha value is -1.14. The first-order valence-electron chi connectivity index (χ1n) is 8.93. The van der Waals surface area contributed by atoms with Crippen LogP contribution in [0.2, 0.25) is 0 Å².